The number of benzene rings is 1. The minimum atomic E-state index is -3.45. The predicted octanol–water partition coefficient (Wildman–Crippen LogP) is 2.17. The van der Waals surface area contributed by atoms with Crippen LogP contribution in [0.25, 0.3) is 0 Å². The Balaban J connectivity index is 2.96. The lowest BCUT2D eigenvalue weighted by molar-refractivity contribution is 0.593. The third-order valence-corrected chi connectivity index (χ3v) is 3.05. The minimum absolute atomic E-state index is 0.143. The van der Waals surface area contributed by atoms with Crippen molar-refractivity contribution in [2.45, 2.75) is 6.42 Å². The van der Waals surface area contributed by atoms with E-state index in [4.69, 9.17) is 0 Å². The van der Waals surface area contributed by atoms with E-state index < -0.39 is 10.0 Å². The van der Waals surface area contributed by atoms with Gasteiger partial charge in [0.15, 0.2) is 0 Å². The van der Waals surface area contributed by atoms with Gasteiger partial charge in [0.1, 0.15) is 0 Å². The topological polar surface area (TPSA) is 48.2 Å². The average molecular weight is 236 g/mol. The Kier molecular flexibility index (Phi) is 4.31. The third-order valence-electron chi connectivity index (χ3n) is 1.92. The van der Waals surface area contributed by atoms with Crippen LogP contribution in [0.2, 0.25) is 0 Å². The predicted molar refractivity (Wildman–Crippen MR) is 66.1 cm³/mol. The monoisotopic (exact) mass is 236 g/mol. The van der Waals surface area contributed by atoms with Crippen LogP contribution in [0.4, 0.5) is 5.69 Å². The van der Waals surface area contributed by atoms with Crippen molar-refractivity contribution < 1.29 is 8.42 Å². The average Bonchev–Trinajstić information content (AvgIpc) is 2.20. The Labute approximate surface area is 96.6 Å². The van der Waals surface area contributed by atoms with E-state index in [1.807, 2.05) is 12.1 Å². The number of hydrogen-bond donors (Lipinski definition) is 0. The fourth-order valence-electron chi connectivity index (χ4n) is 1.26. The molecule has 1 rings (SSSR count). The van der Waals surface area contributed by atoms with Crippen molar-refractivity contribution in [1.29, 1.82) is 0 Å². The first-order valence-electron chi connectivity index (χ1n) is 4.84. The van der Waals surface area contributed by atoms with Crippen molar-refractivity contribution in [3.05, 3.63) is 55.1 Å². The van der Waals surface area contributed by atoms with Crippen LogP contribution in [0, 0.1) is 0 Å². The number of rotatable bonds is 6. The summed E-state index contributed by atoms with van der Waals surface area (Å²) >= 11 is 0. The van der Waals surface area contributed by atoms with Crippen LogP contribution in [0.5, 0.6) is 0 Å². The molecule has 1 radical (unpaired) electrons. The molecule has 4 heteroatoms. The Morgan fingerprint density at radius 2 is 1.88 bits per heavy atom. The van der Waals surface area contributed by atoms with E-state index in [1.54, 1.807) is 18.2 Å². The van der Waals surface area contributed by atoms with Gasteiger partial charge in [-0.05, 0) is 18.1 Å². The number of hydrogen-bond acceptors (Lipinski definition) is 2. The lowest BCUT2D eigenvalue weighted by Crippen LogP contribution is -2.15. The van der Waals surface area contributed by atoms with Gasteiger partial charge >= 0.3 is 0 Å². The van der Waals surface area contributed by atoms with Crippen LogP contribution in [-0.2, 0) is 16.4 Å². The molecular weight excluding hydrogens is 222 g/mol. The van der Waals surface area contributed by atoms with Crippen LogP contribution in [0.15, 0.2) is 49.6 Å². The third kappa shape index (κ3) is 3.55. The highest BCUT2D eigenvalue weighted by Gasteiger charge is 2.12. The van der Waals surface area contributed by atoms with E-state index in [-0.39, 0.29) is 5.75 Å². The summed E-state index contributed by atoms with van der Waals surface area (Å²) in [6.45, 7) is 7.01. The lowest BCUT2D eigenvalue weighted by Gasteiger charge is -2.07. The van der Waals surface area contributed by atoms with Crippen molar-refractivity contribution in [2.24, 2.45) is 0 Å². The molecule has 0 aliphatic carbocycles. The zero-order valence-corrected chi connectivity index (χ0v) is 9.78. The van der Waals surface area contributed by atoms with Crippen LogP contribution in [0.3, 0.4) is 0 Å². The van der Waals surface area contributed by atoms with E-state index in [2.05, 4.69) is 17.9 Å². The molecule has 0 unspecified atom stereocenters. The second-order valence-corrected chi connectivity index (χ2v) is 4.93. The fraction of sp³-hybridized carbons (Fsp3) is 0.167. The standard InChI is InChI=1S/C12H14NO2S/c1-3-7-11-8-5-6-9-12(11)13-16(14,15)10-4-2/h3-6,8-9H,1-2,7,10H2. The zero-order valence-electron chi connectivity index (χ0n) is 8.96. The Morgan fingerprint density at radius 1 is 1.19 bits per heavy atom. The molecule has 0 aliphatic rings. The first-order chi connectivity index (χ1) is 7.59. The molecule has 0 amide bonds. The van der Waals surface area contributed by atoms with Crippen LogP contribution >= 0.6 is 0 Å². The molecule has 0 aromatic heterocycles. The molecular formula is C12H14NO2S. The lowest BCUT2D eigenvalue weighted by atomic mass is 10.1. The molecule has 85 valence electrons. The van der Waals surface area contributed by atoms with Gasteiger partial charge < -0.3 is 0 Å². The smallest absolute Gasteiger partial charge is 0.204 e. The minimum Gasteiger partial charge on any atom is -0.204 e. The highest BCUT2D eigenvalue weighted by Crippen LogP contribution is 2.17. The molecule has 0 heterocycles. The summed E-state index contributed by atoms with van der Waals surface area (Å²) in [6.07, 6.45) is 3.65. The van der Waals surface area contributed by atoms with Gasteiger partial charge in [0.25, 0.3) is 10.0 Å². The quantitative estimate of drug-likeness (QED) is 0.711. The van der Waals surface area contributed by atoms with Gasteiger partial charge in [0.2, 0.25) is 0 Å². The summed E-state index contributed by atoms with van der Waals surface area (Å²) in [4.78, 5) is 0. The Morgan fingerprint density at radius 3 is 2.50 bits per heavy atom. The van der Waals surface area contributed by atoms with E-state index in [1.165, 1.54) is 6.08 Å². The van der Waals surface area contributed by atoms with Gasteiger partial charge in [-0.15, -0.1) is 13.2 Å². The maximum Gasteiger partial charge on any atom is 0.257 e. The summed E-state index contributed by atoms with van der Waals surface area (Å²) < 4.78 is 26.7. The van der Waals surface area contributed by atoms with Crippen molar-refractivity contribution in [1.82, 2.24) is 4.72 Å². The second kappa shape index (κ2) is 5.51. The molecule has 1 aromatic carbocycles. The van der Waals surface area contributed by atoms with Crippen molar-refractivity contribution in [3.8, 4) is 0 Å². The number of nitrogens with zero attached hydrogens (tertiary/aromatic N) is 1. The Bertz CT molecular complexity index is 478. The molecule has 1 aromatic rings. The van der Waals surface area contributed by atoms with Gasteiger partial charge in [0, 0.05) is 0 Å². The SMILES string of the molecule is C=CCc1ccccc1[N]S(=O)(=O)CC=C. The maximum absolute atomic E-state index is 11.5. The molecule has 3 nitrogen and oxygen atoms in total. The van der Waals surface area contributed by atoms with Crippen LogP contribution in [-0.4, -0.2) is 14.2 Å². The molecule has 0 atom stereocenters. The molecule has 0 fully saturated rings. The number of allylic oxidation sites excluding steroid dienone is 1. The van der Waals surface area contributed by atoms with Gasteiger partial charge in [-0.25, -0.2) is 8.42 Å². The molecule has 0 saturated carbocycles. The first kappa shape index (κ1) is 12.5. The maximum atomic E-state index is 11.5. The summed E-state index contributed by atoms with van der Waals surface area (Å²) in [5.41, 5.74) is 1.33. The van der Waals surface area contributed by atoms with E-state index >= 15 is 0 Å². The molecule has 0 N–H and O–H groups in total. The largest absolute Gasteiger partial charge is 0.257 e. The van der Waals surface area contributed by atoms with E-state index in [9.17, 15) is 8.42 Å². The second-order valence-electron chi connectivity index (χ2n) is 3.25. The molecule has 0 saturated heterocycles. The van der Waals surface area contributed by atoms with E-state index in [0.717, 1.165) is 5.56 Å². The molecule has 0 aliphatic heterocycles. The highest BCUT2D eigenvalue weighted by atomic mass is 32.2. The first-order valence-corrected chi connectivity index (χ1v) is 6.45. The van der Waals surface area contributed by atoms with Gasteiger partial charge in [0.05, 0.1) is 11.4 Å². The van der Waals surface area contributed by atoms with Crippen LogP contribution < -0.4 is 4.72 Å². The summed E-state index contributed by atoms with van der Waals surface area (Å²) in [5.74, 6) is -0.143. The molecule has 0 spiro atoms. The normalized spacial score (nSPS) is 10.8. The van der Waals surface area contributed by atoms with Crippen LogP contribution in [0.1, 0.15) is 5.56 Å². The fourth-order valence-corrected chi connectivity index (χ4v) is 2.11. The van der Waals surface area contributed by atoms with Crippen molar-refractivity contribution >= 4 is 15.7 Å². The van der Waals surface area contributed by atoms with Gasteiger partial charge in [-0.3, -0.25) is 0 Å². The highest BCUT2D eigenvalue weighted by molar-refractivity contribution is 7.89. The molecule has 0 bridgehead atoms. The van der Waals surface area contributed by atoms with Crippen molar-refractivity contribution in [2.75, 3.05) is 5.75 Å². The summed E-state index contributed by atoms with van der Waals surface area (Å²) in [6, 6.07) is 7.12. The molecule has 16 heavy (non-hydrogen) atoms. The van der Waals surface area contributed by atoms with E-state index in [0.29, 0.717) is 12.1 Å². The van der Waals surface area contributed by atoms with Gasteiger partial charge in [-0.2, -0.15) is 4.72 Å². The summed E-state index contributed by atoms with van der Waals surface area (Å²) in [7, 11) is -3.45. The zero-order chi connectivity index (χ0) is 12.0. The van der Waals surface area contributed by atoms with Crippen molar-refractivity contribution in [3.63, 3.8) is 0 Å². The summed E-state index contributed by atoms with van der Waals surface area (Å²) in [5, 5.41) is 0. The number of sulfonamides is 1. The Hall–Kier alpha value is -1.55. The van der Waals surface area contributed by atoms with Gasteiger partial charge in [-0.1, -0.05) is 30.4 Å².